The van der Waals surface area contributed by atoms with E-state index in [1.165, 1.54) is 51.1 Å². The van der Waals surface area contributed by atoms with Crippen molar-refractivity contribution in [2.24, 2.45) is 22.7 Å². The molecule has 9 heteroatoms. The molecule has 2 N–H and O–H groups in total. The van der Waals surface area contributed by atoms with Crippen LogP contribution in [0.5, 0.6) is 0 Å². The molecule has 0 amide bonds. The molecule has 5 rings (SSSR count). The Morgan fingerprint density at radius 2 is 1.98 bits per heavy atom. The second-order valence-electron chi connectivity index (χ2n) is 13.1. The SMILES string of the molecule is CCC(C)C.CCCCCCC1C(C)CCN1C(C)=N/C=C1/C2=C(COC2)C(c2ncc(F)c3sc(N)c(C#N)c23)=C(P)C1C. The molecule has 0 saturated carbocycles. The van der Waals surface area contributed by atoms with Crippen LogP contribution < -0.4 is 5.73 Å². The zero-order valence-electron chi connectivity index (χ0n) is 28.2. The Balaban J connectivity index is 0.000000854. The first-order valence-corrected chi connectivity index (χ1v) is 18.0. The standard InChI is InChI=1S/C31H39FN5OPS.C5H12/c1-5-6-7-8-9-25-17(2)10-11-37(25)19(4)35-13-21-18(3)29(39)26(23-16-38-15-22(21)23)28-27-20(12-33)31(34)40-30(27)24(32)14-36-28;1-4-5(2)3/h13-14,17-18,25H,5-11,15-16,34,39H2,1-4H3;5H,4H2,1-3H3/b21-13+,35-19?;. The summed E-state index contributed by atoms with van der Waals surface area (Å²) in [5.74, 6) is 2.20. The van der Waals surface area contributed by atoms with E-state index in [2.05, 4.69) is 73.7 Å². The summed E-state index contributed by atoms with van der Waals surface area (Å²) in [6.07, 6.45) is 12.1. The number of fused-ring (bicyclic) bond motifs is 1. The van der Waals surface area contributed by atoms with Gasteiger partial charge in [0, 0.05) is 35.7 Å². The van der Waals surface area contributed by atoms with E-state index >= 15 is 0 Å². The van der Waals surface area contributed by atoms with Crippen LogP contribution in [0.15, 0.2) is 39.4 Å². The average molecular weight is 652 g/mol. The number of anilines is 1. The lowest BCUT2D eigenvalue weighted by atomic mass is 9.80. The van der Waals surface area contributed by atoms with Crippen molar-refractivity contribution < 1.29 is 9.13 Å². The van der Waals surface area contributed by atoms with Gasteiger partial charge in [0.15, 0.2) is 5.82 Å². The van der Waals surface area contributed by atoms with Crippen molar-refractivity contribution >= 4 is 47.1 Å². The van der Waals surface area contributed by atoms with Gasteiger partial charge in [0.2, 0.25) is 0 Å². The number of hydrogen-bond donors (Lipinski definition) is 1. The normalized spacial score (nSPS) is 22.9. The molecule has 0 bridgehead atoms. The van der Waals surface area contributed by atoms with Crippen LogP contribution in [0.2, 0.25) is 0 Å². The molecular weight excluding hydrogens is 600 g/mol. The maximum absolute atomic E-state index is 14.7. The molecule has 0 spiro atoms. The summed E-state index contributed by atoms with van der Waals surface area (Å²) in [6.45, 7) is 17.5. The third-order valence-corrected chi connectivity index (χ3v) is 11.4. The van der Waals surface area contributed by atoms with Crippen LogP contribution in [0.3, 0.4) is 0 Å². The molecule has 1 aliphatic carbocycles. The molecule has 3 aliphatic rings. The minimum Gasteiger partial charge on any atom is -0.389 e. The van der Waals surface area contributed by atoms with Crippen molar-refractivity contribution in [1.82, 2.24) is 9.88 Å². The lowest BCUT2D eigenvalue weighted by molar-refractivity contribution is 0.207. The van der Waals surface area contributed by atoms with Gasteiger partial charge in [-0.2, -0.15) is 5.26 Å². The number of amidine groups is 1. The summed E-state index contributed by atoms with van der Waals surface area (Å²) in [6, 6.07) is 2.72. The first kappa shape index (κ1) is 35.3. The van der Waals surface area contributed by atoms with Gasteiger partial charge in [0.1, 0.15) is 16.9 Å². The molecule has 0 radical (unpaired) electrons. The molecule has 4 heterocycles. The molecule has 244 valence electrons. The number of thiophene rings is 1. The Morgan fingerprint density at radius 1 is 1.27 bits per heavy atom. The first-order chi connectivity index (χ1) is 21.5. The van der Waals surface area contributed by atoms with Gasteiger partial charge in [-0.1, -0.05) is 73.6 Å². The van der Waals surface area contributed by atoms with Crippen LogP contribution in [0.1, 0.15) is 105 Å². The van der Waals surface area contributed by atoms with Crippen LogP contribution >= 0.6 is 20.6 Å². The zero-order chi connectivity index (χ0) is 32.8. The lowest BCUT2D eigenvalue weighted by Gasteiger charge is -2.29. The van der Waals surface area contributed by atoms with Crippen LogP contribution in [-0.2, 0) is 4.74 Å². The van der Waals surface area contributed by atoms with Crippen molar-refractivity contribution in [3.63, 3.8) is 0 Å². The highest BCUT2D eigenvalue weighted by Gasteiger charge is 2.35. The number of halogens is 1. The largest absolute Gasteiger partial charge is 0.389 e. The van der Waals surface area contributed by atoms with Gasteiger partial charge in [-0.3, -0.25) is 4.98 Å². The predicted molar refractivity (Wildman–Crippen MR) is 192 cm³/mol. The molecular formula is C36H51FN5OPS. The number of unbranched alkanes of at least 4 members (excludes halogenated alkanes) is 3. The van der Waals surface area contributed by atoms with E-state index in [0.29, 0.717) is 46.0 Å². The van der Waals surface area contributed by atoms with Gasteiger partial charge in [-0.15, -0.1) is 20.6 Å². The fourth-order valence-electron chi connectivity index (χ4n) is 6.45. The highest BCUT2D eigenvalue weighted by Crippen LogP contribution is 2.50. The smallest absolute Gasteiger partial charge is 0.159 e. The molecule has 4 atom stereocenters. The molecule has 0 aromatic carbocycles. The number of aliphatic imine (C=N–C) groups is 1. The van der Waals surface area contributed by atoms with Gasteiger partial charge in [0.25, 0.3) is 0 Å². The Kier molecular flexibility index (Phi) is 12.4. The number of hydrogen-bond acceptors (Lipinski definition) is 6. The summed E-state index contributed by atoms with van der Waals surface area (Å²) in [5.41, 5.74) is 11.2. The number of nitrogen functional groups attached to an aromatic ring is 1. The van der Waals surface area contributed by atoms with E-state index in [1.807, 2.05) is 6.20 Å². The number of ether oxygens (including phenoxy) is 1. The number of aromatic nitrogens is 1. The molecule has 2 aromatic heterocycles. The van der Waals surface area contributed by atoms with Crippen molar-refractivity contribution in [3.8, 4) is 6.07 Å². The Morgan fingerprint density at radius 3 is 2.64 bits per heavy atom. The zero-order valence-corrected chi connectivity index (χ0v) is 30.1. The Bertz CT molecular complexity index is 1550. The highest BCUT2D eigenvalue weighted by molar-refractivity contribution is 7.23. The maximum Gasteiger partial charge on any atom is 0.159 e. The van der Waals surface area contributed by atoms with E-state index in [4.69, 9.17) is 15.5 Å². The number of nitrogens with two attached hydrogens (primary N) is 1. The average Bonchev–Trinajstić information content (AvgIpc) is 3.74. The van der Waals surface area contributed by atoms with E-state index in [9.17, 15) is 9.65 Å². The molecule has 4 unspecified atom stereocenters. The molecule has 1 saturated heterocycles. The molecule has 2 aliphatic heterocycles. The first-order valence-electron chi connectivity index (χ1n) is 16.6. The van der Waals surface area contributed by atoms with Crippen molar-refractivity contribution in [1.29, 1.82) is 5.26 Å². The van der Waals surface area contributed by atoms with Gasteiger partial charge in [-0.05, 0) is 53.6 Å². The van der Waals surface area contributed by atoms with Gasteiger partial charge < -0.3 is 15.4 Å². The number of rotatable bonds is 8. The summed E-state index contributed by atoms with van der Waals surface area (Å²) < 4.78 is 21.1. The summed E-state index contributed by atoms with van der Waals surface area (Å²) in [4.78, 5) is 12.0. The quantitative estimate of drug-likeness (QED) is 0.133. The monoisotopic (exact) mass is 651 g/mol. The number of nitriles is 1. The number of pyridine rings is 1. The Labute approximate surface area is 275 Å². The fourth-order valence-corrected chi connectivity index (χ4v) is 7.87. The fraction of sp³-hybridized carbons (Fsp3) is 0.583. The minimum absolute atomic E-state index is 0.0303. The lowest BCUT2D eigenvalue weighted by Crippen LogP contribution is -2.36. The molecule has 45 heavy (non-hydrogen) atoms. The van der Waals surface area contributed by atoms with E-state index < -0.39 is 5.82 Å². The molecule has 2 aromatic rings. The minimum atomic E-state index is -0.464. The van der Waals surface area contributed by atoms with Crippen LogP contribution in [0.4, 0.5) is 9.39 Å². The number of nitrogens with zero attached hydrogens (tertiary/aromatic N) is 4. The van der Waals surface area contributed by atoms with Crippen LogP contribution in [0.25, 0.3) is 15.7 Å². The topological polar surface area (TPSA) is 87.5 Å². The van der Waals surface area contributed by atoms with Gasteiger partial charge in [0.05, 0.1) is 35.4 Å². The van der Waals surface area contributed by atoms with E-state index in [-0.39, 0.29) is 11.5 Å². The predicted octanol–water partition coefficient (Wildman–Crippen LogP) is 9.49. The van der Waals surface area contributed by atoms with Crippen LogP contribution in [-0.4, -0.2) is 41.5 Å². The van der Waals surface area contributed by atoms with E-state index in [0.717, 1.165) is 57.2 Å². The maximum atomic E-state index is 14.7. The summed E-state index contributed by atoms with van der Waals surface area (Å²) in [5, 5.41) is 11.6. The van der Waals surface area contributed by atoms with Crippen molar-refractivity contribution in [2.75, 3.05) is 25.5 Å². The van der Waals surface area contributed by atoms with E-state index in [1.54, 1.807) is 0 Å². The molecule has 6 nitrogen and oxygen atoms in total. The third-order valence-electron chi connectivity index (χ3n) is 9.63. The van der Waals surface area contributed by atoms with Gasteiger partial charge in [-0.25, -0.2) is 9.38 Å². The van der Waals surface area contributed by atoms with Crippen LogP contribution in [0, 0.1) is 34.9 Å². The molecule has 1 fully saturated rings. The number of allylic oxidation sites excluding steroid dienone is 1. The Hall–Kier alpha value is -2.59. The third kappa shape index (κ3) is 7.53. The van der Waals surface area contributed by atoms with Crippen molar-refractivity contribution in [2.45, 2.75) is 99.5 Å². The van der Waals surface area contributed by atoms with Gasteiger partial charge >= 0.3 is 0 Å². The summed E-state index contributed by atoms with van der Waals surface area (Å²) in [7, 11) is 2.88. The second-order valence-corrected chi connectivity index (χ2v) is 14.7. The number of likely N-dealkylation sites (tertiary alicyclic amines) is 1. The highest BCUT2D eigenvalue weighted by atomic mass is 32.1. The summed E-state index contributed by atoms with van der Waals surface area (Å²) >= 11 is 1.10. The second kappa shape index (κ2) is 15.8. The van der Waals surface area contributed by atoms with Crippen molar-refractivity contribution in [3.05, 3.63) is 51.5 Å².